The normalized spacial score (nSPS) is 12.9. The first-order valence-electron chi connectivity index (χ1n) is 7.80. The van der Waals surface area contributed by atoms with Crippen molar-refractivity contribution in [1.29, 1.82) is 0 Å². The van der Waals surface area contributed by atoms with Crippen LogP contribution in [-0.2, 0) is 4.74 Å². The number of aryl methyl sites for hydroxylation is 1. The molecule has 0 N–H and O–H groups in total. The van der Waals surface area contributed by atoms with E-state index in [0.29, 0.717) is 13.2 Å². The van der Waals surface area contributed by atoms with Gasteiger partial charge in [0.2, 0.25) is 0 Å². The first-order valence-corrected chi connectivity index (χ1v) is 7.80. The first kappa shape index (κ1) is 15.9. The summed E-state index contributed by atoms with van der Waals surface area (Å²) in [6.07, 6.45) is 0. The summed E-state index contributed by atoms with van der Waals surface area (Å²) in [7, 11) is 1.65. The molecule has 0 atom stereocenters. The average Bonchev–Trinajstić information content (AvgIpc) is 3.07. The third-order valence-electron chi connectivity index (χ3n) is 3.72. The standard InChI is InChI=1S/C22H18O2/c1-17-7-9-18(10-8-17)11-12-20-15-24-16-21(20)14-13-19-5-3-4-6-22(19)23-2/h3-10H,15-16H2,1-2H3. The lowest BCUT2D eigenvalue weighted by molar-refractivity contribution is 0.208. The highest BCUT2D eigenvalue weighted by atomic mass is 16.5. The third kappa shape index (κ3) is 3.87. The molecular formula is C22H18O2. The van der Waals surface area contributed by atoms with Gasteiger partial charge < -0.3 is 9.47 Å². The number of hydrogen-bond acceptors (Lipinski definition) is 2. The van der Waals surface area contributed by atoms with Gasteiger partial charge >= 0.3 is 0 Å². The predicted octanol–water partition coefficient (Wildman–Crippen LogP) is 3.73. The minimum Gasteiger partial charge on any atom is -0.495 e. The molecule has 3 rings (SSSR count). The van der Waals surface area contributed by atoms with Crippen molar-refractivity contribution in [3.05, 3.63) is 76.4 Å². The minimum absolute atomic E-state index is 0.514. The van der Waals surface area contributed by atoms with Crippen molar-refractivity contribution in [3.63, 3.8) is 0 Å². The molecule has 1 heterocycles. The van der Waals surface area contributed by atoms with E-state index in [1.54, 1.807) is 7.11 Å². The Kier molecular flexibility index (Phi) is 5.02. The molecular weight excluding hydrogens is 296 g/mol. The van der Waals surface area contributed by atoms with E-state index in [2.05, 4.69) is 42.7 Å². The second-order valence-corrected chi connectivity index (χ2v) is 5.52. The Bertz CT molecular complexity index is 881. The van der Waals surface area contributed by atoms with Gasteiger partial charge in [-0.1, -0.05) is 53.5 Å². The van der Waals surface area contributed by atoms with Gasteiger partial charge in [0.05, 0.1) is 25.9 Å². The highest BCUT2D eigenvalue weighted by molar-refractivity contribution is 5.54. The van der Waals surface area contributed by atoms with Gasteiger partial charge in [-0.15, -0.1) is 0 Å². The van der Waals surface area contributed by atoms with Crippen molar-refractivity contribution in [2.75, 3.05) is 20.3 Å². The zero-order chi connectivity index (χ0) is 16.8. The summed E-state index contributed by atoms with van der Waals surface area (Å²) >= 11 is 0. The van der Waals surface area contributed by atoms with E-state index >= 15 is 0 Å². The van der Waals surface area contributed by atoms with Crippen LogP contribution in [0, 0.1) is 30.6 Å². The third-order valence-corrected chi connectivity index (χ3v) is 3.72. The molecule has 2 aromatic carbocycles. The van der Waals surface area contributed by atoms with Crippen LogP contribution in [0.15, 0.2) is 59.7 Å². The van der Waals surface area contributed by atoms with Crippen LogP contribution in [0.2, 0.25) is 0 Å². The van der Waals surface area contributed by atoms with Crippen LogP contribution >= 0.6 is 0 Å². The smallest absolute Gasteiger partial charge is 0.134 e. The van der Waals surface area contributed by atoms with Gasteiger partial charge in [0.1, 0.15) is 5.75 Å². The lowest BCUT2D eigenvalue weighted by Crippen LogP contribution is -1.88. The number of para-hydroxylation sites is 1. The summed E-state index contributed by atoms with van der Waals surface area (Å²) in [5.74, 6) is 13.5. The largest absolute Gasteiger partial charge is 0.495 e. The van der Waals surface area contributed by atoms with E-state index in [4.69, 9.17) is 9.47 Å². The van der Waals surface area contributed by atoms with Crippen molar-refractivity contribution in [2.45, 2.75) is 6.92 Å². The molecule has 0 bridgehead atoms. The zero-order valence-electron chi connectivity index (χ0n) is 13.8. The van der Waals surface area contributed by atoms with Gasteiger partial charge in [-0.05, 0) is 31.2 Å². The molecule has 0 saturated carbocycles. The lowest BCUT2D eigenvalue weighted by Gasteiger charge is -2.00. The van der Waals surface area contributed by atoms with Crippen LogP contribution in [0.5, 0.6) is 5.75 Å². The van der Waals surface area contributed by atoms with E-state index in [-0.39, 0.29) is 0 Å². The Labute approximate surface area is 143 Å². The van der Waals surface area contributed by atoms with Crippen molar-refractivity contribution >= 4 is 0 Å². The summed E-state index contributed by atoms with van der Waals surface area (Å²) in [5.41, 5.74) is 4.99. The second-order valence-electron chi connectivity index (χ2n) is 5.52. The van der Waals surface area contributed by atoms with Gasteiger partial charge in [-0.2, -0.15) is 0 Å². The molecule has 0 spiro atoms. The monoisotopic (exact) mass is 314 g/mol. The Hall–Kier alpha value is -2.94. The molecule has 0 saturated heterocycles. The molecule has 1 aliphatic heterocycles. The summed E-state index contributed by atoms with van der Waals surface area (Å²) in [6.45, 7) is 3.10. The number of ether oxygens (including phenoxy) is 2. The fourth-order valence-corrected chi connectivity index (χ4v) is 2.33. The molecule has 118 valence electrons. The summed E-state index contributed by atoms with van der Waals surface area (Å²) in [5, 5.41) is 0. The summed E-state index contributed by atoms with van der Waals surface area (Å²) in [4.78, 5) is 0. The van der Waals surface area contributed by atoms with Crippen molar-refractivity contribution < 1.29 is 9.47 Å². The van der Waals surface area contributed by atoms with Gasteiger partial charge in [-0.25, -0.2) is 0 Å². The van der Waals surface area contributed by atoms with Crippen LogP contribution in [-0.4, -0.2) is 20.3 Å². The van der Waals surface area contributed by atoms with E-state index in [0.717, 1.165) is 28.0 Å². The van der Waals surface area contributed by atoms with E-state index in [1.807, 2.05) is 36.4 Å². The Balaban J connectivity index is 1.86. The SMILES string of the molecule is COc1ccccc1C#CC1=C(C#Cc2ccc(C)cc2)COC1. The van der Waals surface area contributed by atoms with Gasteiger partial charge in [0.15, 0.2) is 0 Å². The number of hydrogen-bond donors (Lipinski definition) is 0. The van der Waals surface area contributed by atoms with E-state index in [9.17, 15) is 0 Å². The highest BCUT2D eigenvalue weighted by Gasteiger charge is 2.11. The molecule has 0 unspecified atom stereocenters. The molecule has 1 aliphatic rings. The number of methoxy groups -OCH3 is 1. The first-order chi connectivity index (χ1) is 11.8. The highest BCUT2D eigenvalue weighted by Crippen LogP contribution is 2.17. The van der Waals surface area contributed by atoms with Gasteiger partial charge in [-0.3, -0.25) is 0 Å². The van der Waals surface area contributed by atoms with Crippen LogP contribution in [0.4, 0.5) is 0 Å². The molecule has 0 amide bonds. The Morgan fingerprint density at radius 2 is 1.50 bits per heavy atom. The number of benzene rings is 2. The molecule has 0 radical (unpaired) electrons. The van der Waals surface area contributed by atoms with Crippen molar-refractivity contribution in [1.82, 2.24) is 0 Å². The molecule has 2 nitrogen and oxygen atoms in total. The average molecular weight is 314 g/mol. The van der Waals surface area contributed by atoms with Gasteiger partial charge in [0.25, 0.3) is 0 Å². The topological polar surface area (TPSA) is 18.5 Å². The minimum atomic E-state index is 0.514. The predicted molar refractivity (Wildman–Crippen MR) is 95.8 cm³/mol. The van der Waals surface area contributed by atoms with Crippen LogP contribution < -0.4 is 4.74 Å². The fraction of sp³-hybridized carbons (Fsp3) is 0.182. The van der Waals surface area contributed by atoms with Gasteiger partial charge in [0, 0.05) is 16.7 Å². The zero-order valence-corrected chi connectivity index (χ0v) is 13.8. The molecule has 2 aromatic rings. The maximum atomic E-state index is 5.51. The maximum Gasteiger partial charge on any atom is 0.134 e. The molecule has 24 heavy (non-hydrogen) atoms. The van der Waals surface area contributed by atoms with Crippen LogP contribution in [0.1, 0.15) is 16.7 Å². The molecule has 0 aliphatic carbocycles. The van der Waals surface area contributed by atoms with Crippen molar-refractivity contribution in [2.24, 2.45) is 0 Å². The molecule has 2 heteroatoms. The molecule has 0 fully saturated rings. The van der Waals surface area contributed by atoms with Crippen molar-refractivity contribution in [3.8, 4) is 29.4 Å². The number of rotatable bonds is 1. The summed E-state index contributed by atoms with van der Waals surface area (Å²) in [6, 6.07) is 15.9. The van der Waals surface area contributed by atoms with Crippen LogP contribution in [0.3, 0.4) is 0 Å². The Morgan fingerprint density at radius 3 is 2.21 bits per heavy atom. The lowest BCUT2D eigenvalue weighted by atomic mass is 10.1. The van der Waals surface area contributed by atoms with Crippen LogP contribution in [0.25, 0.3) is 0 Å². The van der Waals surface area contributed by atoms with E-state index < -0.39 is 0 Å². The maximum absolute atomic E-state index is 5.51. The fourth-order valence-electron chi connectivity index (χ4n) is 2.33. The molecule has 0 aromatic heterocycles. The quantitative estimate of drug-likeness (QED) is 0.747. The summed E-state index contributed by atoms with van der Waals surface area (Å²) < 4.78 is 10.8. The Morgan fingerprint density at radius 1 is 0.833 bits per heavy atom. The second kappa shape index (κ2) is 7.55. The van der Waals surface area contributed by atoms with E-state index in [1.165, 1.54) is 5.56 Å².